The van der Waals surface area contributed by atoms with Crippen LogP contribution in [-0.4, -0.2) is 15.4 Å². The van der Waals surface area contributed by atoms with Crippen LogP contribution < -0.4 is 0 Å². The first-order valence-corrected chi connectivity index (χ1v) is 4.83. The average molecular weight is 248 g/mol. The summed E-state index contributed by atoms with van der Waals surface area (Å²) in [5.74, 6) is 0. The van der Waals surface area contributed by atoms with Crippen LogP contribution in [0.3, 0.4) is 0 Å². The molecule has 6 heteroatoms. The molecule has 72 valence electrons. The molecular formula is C8H4Cl3N3. The van der Waals surface area contributed by atoms with E-state index in [1.165, 1.54) is 0 Å². The summed E-state index contributed by atoms with van der Waals surface area (Å²) in [5, 5.41) is 11.3. The van der Waals surface area contributed by atoms with Crippen LogP contribution in [0.2, 0.25) is 15.2 Å². The van der Waals surface area contributed by atoms with Crippen molar-refractivity contribution in [2.24, 2.45) is 0 Å². The van der Waals surface area contributed by atoms with E-state index in [1.807, 2.05) is 0 Å². The van der Waals surface area contributed by atoms with Gasteiger partial charge < -0.3 is 0 Å². The summed E-state index contributed by atoms with van der Waals surface area (Å²) in [7, 11) is 0. The van der Waals surface area contributed by atoms with E-state index in [-0.39, 0.29) is 5.15 Å². The van der Waals surface area contributed by atoms with Crippen molar-refractivity contribution in [2.45, 2.75) is 0 Å². The summed E-state index contributed by atoms with van der Waals surface area (Å²) in [4.78, 5) is 0. The van der Waals surface area contributed by atoms with E-state index >= 15 is 0 Å². The molecule has 0 saturated carbocycles. The number of benzene rings is 1. The van der Waals surface area contributed by atoms with Crippen molar-refractivity contribution >= 4 is 34.8 Å². The van der Waals surface area contributed by atoms with Crippen molar-refractivity contribution in [3.05, 3.63) is 33.4 Å². The van der Waals surface area contributed by atoms with Crippen LogP contribution in [-0.2, 0) is 0 Å². The number of aromatic nitrogens is 3. The van der Waals surface area contributed by atoms with E-state index in [0.29, 0.717) is 21.3 Å². The molecule has 1 N–H and O–H groups in total. The maximum atomic E-state index is 5.97. The van der Waals surface area contributed by atoms with E-state index in [2.05, 4.69) is 15.4 Å². The predicted octanol–water partition coefficient (Wildman–Crippen LogP) is 3.43. The Morgan fingerprint density at radius 1 is 1.07 bits per heavy atom. The predicted molar refractivity (Wildman–Crippen MR) is 56.8 cm³/mol. The monoisotopic (exact) mass is 247 g/mol. The largest absolute Gasteiger partial charge is 0.196 e. The first-order valence-electron chi connectivity index (χ1n) is 3.70. The lowest BCUT2D eigenvalue weighted by atomic mass is 10.2. The minimum atomic E-state index is 0.286. The standard InChI is InChI=1S/C8H4Cl3N3/c9-4-1-2-5(6(10)3-4)7-8(11)13-14-12-7/h1-3H,(H,12,13,14). The summed E-state index contributed by atoms with van der Waals surface area (Å²) < 4.78 is 0. The van der Waals surface area contributed by atoms with Crippen molar-refractivity contribution in [1.29, 1.82) is 0 Å². The molecule has 0 aliphatic rings. The summed E-state index contributed by atoms with van der Waals surface area (Å²) in [5.41, 5.74) is 1.23. The molecule has 0 radical (unpaired) electrons. The molecule has 2 rings (SSSR count). The Morgan fingerprint density at radius 2 is 1.86 bits per heavy atom. The summed E-state index contributed by atoms with van der Waals surface area (Å²) in [6, 6.07) is 5.09. The quantitative estimate of drug-likeness (QED) is 0.840. The molecule has 1 aromatic heterocycles. The number of nitrogens with zero attached hydrogens (tertiary/aromatic N) is 2. The van der Waals surface area contributed by atoms with Crippen LogP contribution in [0.25, 0.3) is 11.3 Å². The molecule has 0 atom stereocenters. The molecule has 0 saturated heterocycles. The molecule has 3 nitrogen and oxygen atoms in total. The fourth-order valence-corrected chi connectivity index (χ4v) is 1.75. The van der Waals surface area contributed by atoms with E-state index in [1.54, 1.807) is 18.2 Å². The van der Waals surface area contributed by atoms with Gasteiger partial charge in [-0.05, 0) is 18.2 Å². The molecule has 14 heavy (non-hydrogen) atoms. The average Bonchev–Trinajstić information content (AvgIpc) is 2.52. The van der Waals surface area contributed by atoms with Crippen LogP contribution in [0.4, 0.5) is 0 Å². The highest BCUT2D eigenvalue weighted by Gasteiger charge is 2.11. The first-order chi connectivity index (χ1) is 6.68. The molecule has 0 spiro atoms. The Kier molecular flexibility index (Phi) is 2.63. The lowest BCUT2D eigenvalue weighted by Gasteiger charge is -2.00. The third-order valence-corrected chi connectivity index (χ3v) is 2.50. The minimum absolute atomic E-state index is 0.286. The Labute approximate surface area is 95.0 Å². The zero-order valence-corrected chi connectivity index (χ0v) is 9.03. The Balaban J connectivity index is 2.58. The molecule has 0 amide bonds. The maximum absolute atomic E-state index is 5.97. The van der Waals surface area contributed by atoms with Crippen molar-refractivity contribution in [1.82, 2.24) is 15.4 Å². The van der Waals surface area contributed by atoms with Crippen LogP contribution >= 0.6 is 34.8 Å². The molecule has 0 aliphatic carbocycles. The highest BCUT2D eigenvalue weighted by atomic mass is 35.5. The summed E-state index contributed by atoms with van der Waals surface area (Å²) >= 11 is 17.5. The fourth-order valence-electron chi connectivity index (χ4n) is 1.07. The lowest BCUT2D eigenvalue weighted by molar-refractivity contribution is 0.942. The van der Waals surface area contributed by atoms with Crippen LogP contribution in [0, 0.1) is 0 Å². The summed E-state index contributed by atoms with van der Waals surface area (Å²) in [6.07, 6.45) is 0. The fraction of sp³-hybridized carbons (Fsp3) is 0. The van der Waals surface area contributed by atoms with Gasteiger partial charge in [0, 0.05) is 10.6 Å². The third-order valence-electron chi connectivity index (χ3n) is 1.69. The second-order valence-electron chi connectivity index (χ2n) is 2.59. The minimum Gasteiger partial charge on any atom is -0.196 e. The van der Waals surface area contributed by atoms with Crippen molar-refractivity contribution in [3.63, 3.8) is 0 Å². The van der Waals surface area contributed by atoms with Crippen molar-refractivity contribution in [2.75, 3.05) is 0 Å². The van der Waals surface area contributed by atoms with E-state index in [0.717, 1.165) is 0 Å². The van der Waals surface area contributed by atoms with Gasteiger partial charge >= 0.3 is 0 Å². The number of H-pyrrole nitrogens is 1. The molecule has 0 unspecified atom stereocenters. The Hall–Kier alpha value is -0.770. The maximum Gasteiger partial charge on any atom is 0.179 e. The van der Waals surface area contributed by atoms with E-state index in [9.17, 15) is 0 Å². The molecule has 1 heterocycles. The number of halogens is 3. The Bertz CT molecular complexity index is 467. The zero-order valence-electron chi connectivity index (χ0n) is 6.76. The molecular weight excluding hydrogens is 244 g/mol. The topological polar surface area (TPSA) is 41.6 Å². The molecule has 1 aromatic carbocycles. The first kappa shape index (κ1) is 9.77. The van der Waals surface area contributed by atoms with Gasteiger partial charge in [-0.1, -0.05) is 34.8 Å². The van der Waals surface area contributed by atoms with E-state index in [4.69, 9.17) is 34.8 Å². The van der Waals surface area contributed by atoms with Gasteiger partial charge in [-0.15, -0.1) is 5.10 Å². The lowest BCUT2D eigenvalue weighted by Crippen LogP contribution is -1.80. The Morgan fingerprint density at radius 3 is 2.43 bits per heavy atom. The highest BCUT2D eigenvalue weighted by molar-refractivity contribution is 6.37. The van der Waals surface area contributed by atoms with Gasteiger partial charge in [0.1, 0.15) is 5.69 Å². The van der Waals surface area contributed by atoms with Crippen LogP contribution in [0.5, 0.6) is 0 Å². The van der Waals surface area contributed by atoms with Crippen molar-refractivity contribution < 1.29 is 0 Å². The number of rotatable bonds is 1. The van der Waals surface area contributed by atoms with Gasteiger partial charge in [0.2, 0.25) is 0 Å². The normalized spacial score (nSPS) is 10.5. The van der Waals surface area contributed by atoms with Gasteiger partial charge in [0.15, 0.2) is 5.15 Å². The molecule has 0 bridgehead atoms. The van der Waals surface area contributed by atoms with Crippen LogP contribution in [0.1, 0.15) is 0 Å². The van der Waals surface area contributed by atoms with Gasteiger partial charge in [0.05, 0.1) is 5.02 Å². The third kappa shape index (κ3) is 1.71. The van der Waals surface area contributed by atoms with Gasteiger partial charge in [-0.2, -0.15) is 10.3 Å². The molecule has 2 aromatic rings. The second kappa shape index (κ2) is 3.77. The van der Waals surface area contributed by atoms with Crippen LogP contribution in [0.15, 0.2) is 18.2 Å². The second-order valence-corrected chi connectivity index (χ2v) is 3.79. The number of aromatic amines is 1. The zero-order chi connectivity index (χ0) is 10.1. The summed E-state index contributed by atoms with van der Waals surface area (Å²) in [6.45, 7) is 0. The van der Waals surface area contributed by atoms with Gasteiger partial charge in [-0.25, -0.2) is 0 Å². The van der Waals surface area contributed by atoms with E-state index < -0.39 is 0 Å². The molecule has 0 fully saturated rings. The number of nitrogens with one attached hydrogen (secondary N) is 1. The number of hydrogen-bond acceptors (Lipinski definition) is 2. The van der Waals surface area contributed by atoms with Gasteiger partial charge in [0.25, 0.3) is 0 Å². The highest BCUT2D eigenvalue weighted by Crippen LogP contribution is 2.31. The SMILES string of the molecule is Clc1ccc(-c2n[nH]nc2Cl)c(Cl)c1. The van der Waals surface area contributed by atoms with Crippen molar-refractivity contribution in [3.8, 4) is 11.3 Å². The molecule has 0 aliphatic heterocycles. The smallest absolute Gasteiger partial charge is 0.179 e. The van der Waals surface area contributed by atoms with Gasteiger partial charge in [-0.3, -0.25) is 0 Å². The number of hydrogen-bond donors (Lipinski definition) is 1.